The van der Waals surface area contributed by atoms with Crippen LogP contribution in [0, 0.1) is 11.8 Å². The maximum absolute atomic E-state index is 12.1. The molecule has 0 aliphatic heterocycles. The maximum atomic E-state index is 12.1. The molecule has 0 bridgehead atoms. The average molecular weight is 367 g/mol. The Labute approximate surface area is 159 Å². The molecule has 1 rings (SSSR count). The first kappa shape index (κ1) is 22.9. The third kappa shape index (κ3) is 9.51. The molecule has 3 atom stereocenters. The second kappa shape index (κ2) is 14.0. The first-order valence-electron chi connectivity index (χ1n) is 10.6. The highest BCUT2D eigenvalue weighted by Gasteiger charge is 2.39. The van der Waals surface area contributed by atoms with Gasteiger partial charge in [0.25, 0.3) is 0 Å². The molecule has 0 radical (unpaired) electrons. The van der Waals surface area contributed by atoms with E-state index in [0.717, 1.165) is 32.1 Å². The summed E-state index contributed by atoms with van der Waals surface area (Å²) in [5.74, 6) is -0.577. The zero-order valence-electron chi connectivity index (χ0n) is 16.5. The summed E-state index contributed by atoms with van der Waals surface area (Å²) in [7, 11) is 0. The molecule has 150 valence electrons. The minimum Gasteiger partial charge on any atom is -0.481 e. The fraction of sp³-hybridized carbons (Fsp3) is 0.818. The summed E-state index contributed by atoms with van der Waals surface area (Å²) in [5.41, 5.74) is 0. The first-order chi connectivity index (χ1) is 12.6. The number of carbonyl (C=O) groups excluding carboxylic acids is 1. The fourth-order valence-electron chi connectivity index (χ4n) is 3.94. The van der Waals surface area contributed by atoms with Gasteiger partial charge in [0.15, 0.2) is 0 Å². The topological polar surface area (TPSA) is 74.6 Å². The van der Waals surface area contributed by atoms with Crippen molar-refractivity contribution in [3.05, 3.63) is 12.2 Å². The van der Waals surface area contributed by atoms with E-state index in [1.807, 2.05) is 0 Å². The fourth-order valence-corrected chi connectivity index (χ4v) is 3.94. The second-order valence-electron chi connectivity index (χ2n) is 7.76. The molecule has 26 heavy (non-hydrogen) atoms. The first-order valence-corrected chi connectivity index (χ1v) is 10.6. The van der Waals surface area contributed by atoms with Crippen LogP contribution in [0.4, 0.5) is 0 Å². The molecule has 1 aliphatic carbocycles. The van der Waals surface area contributed by atoms with Crippen LogP contribution in [-0.4, -0.2) is 28.1 Å². The van der Waals surface area contributed by atoms with E-state index < -0.39 is 12.1 Å². The number of carboxylic acids is 1. The third-order valence-corrected chi connectivity index (χ3v) is 5.54. The molecular weight excluding hydrogens is 328 g/mol. The lowest BCUT2D eigenvalue weighted by atomic mass is 9.86. The largest absolute Gasteiger partial charge is 0.481 e. The molecule has 0 aromatic rings. The highest BCUT2D eigenvalue weighted by molar-refractivity contribution is 5.84. The standard InChI is InChI=1S/C22H38O4/c1-2-3-4-5-6-7-8-9-11-14-18-19(21(24)17-20(18)23)15-12-10-13-16-22(25)26/h9,11,18-20,23H,2-8,10,12-17H2,1H3,(H,25,26)/t18-,19-,20-/m1/s1. The van der Waals surface area contributed by atoms with E-state index in [2.05, 4.69) is 19.1 Å². The number of hydrogen-bond acceptors (Lipinski definition) is 3. The SMILES string of the molecule is CCCCCCCCC=CC[C@H]1[C@H](O)CC(=O)[C@@H]1CCCCCC(=O)O. The molecule has 1 fully saturated rings. The van der Waals surface area contributed by atoms with Crippen LogP contribution in [0.2, 0.25) is 0 Å². The van der Waals surface area contributed by atoms with Crippen LogP contribution < -0.4 is 0 Å². The van der Waals surface area contributed by atoms with Gasteiger partial charge >= 0.3 is 5.97 Å². The molecule has 1 saturated carbocycles. The van der Waals surface area contributed by atoms with Crippen molar-refractivity contribution in [2.45, 2.75) is 103 Å². The van der Waals surface area contributed by atoms with E-state index >= 15 is 0 Å². The van der Waals surface area contributed by atoms with Crippen molar-refractivity contribution < 1.29 is 19.8 Å². The Hall–Kier alpha value is -1.16. The molecule has 4 heteroatoms. The Morgan fingerprint density at radius 1 is 1.04 bits per heavy atom. The number of aliphatic carboxylic acids is 1. The lowest BCUT2D eigenvalue weighted by molar-refractivity contribution is -0.137. The van der Waals surface area contributed by atoms with Crippen molar-refractivity contribution in [3.63, 3.8) is 0 Å². The van der Waals surface area contributed by atoms with Crippen molar-refractivity contribution in [1.29, 1.82) is 0 Å². The van der Waals surface area contributed by atoms with Crippen molar-refractivity contribution in [1.82, 2.24) is 0 Å². The number of carbonyl (C=O) groups is 2. The zero-order valence-corrected chi connectivity index (χ0v) is 16.5. The molecule has 4 nitrogen and oxygen atoms in total. The van der Waals surface area contributed by atoms with Gasteiger partial charge in [0.05, 0.1) is 6.10 Å². The van der Waals surface area contributed by atoms with Gasteiger partial charge in [0.2, 0.25) is 0 Å². The summed E-state index contributed by atoms with van der Waals surface area (Å²) in [6.45, 7) is 2.23. The number of hydrogen-bond donors (Lipinski definition) is 2. The van der Waals surface area contributed by atoms with Gasteiger partial charge < -0.3 is 10.2 Å². The zero-order chi connectivity index (χ0) is 19.2. The summed E-state index contributed by atoms with van der Waals surface area (Å²) >= 11 is 0. The van der Waals surface area contributed by atoms with Crippen molar-refractivity contribution in [2.75, 3.05) is 0 Å². The monoisotopic (exact) mass is 366 g/mol. The van der Waals surface area contributed by atoms with Crippen LogP contribution in [0.3, 0.4) is 0 Å². The normalized spacial score (nSPS) is 23.2. The molecule has 0 saturated heterocycles. The van der Waals surface area contributed by atoms with E-state index in [1.54, 1.807) is 0 Å². The summed E-state index contributed by atoms with van der Waals surface area (Å²) in [4.78, 5) is 22.7. The predicted octanol–water partition coefficient (Wildman–Crippen LogP) is 5.28. The Kier molecular flexibility index (Phi) is 12.3. The number of rotatable bonds is 15. The number of allylic oxidation sites excluding steroid dienone is 2. The van der Waals surface area contributed by atoms with Crippen LogP contribution in [0.1, 0.15) is 96.8 Å². The lowest BCUT2D eigenvalue weighted by Gasteiger charge is -2.19. The van der Waals surface area contributed by atoms with Gasteiger partial charge in [-0.15, -0.1) is 0 Å². The van der Waals surface area contributed by atoms with Crippen LogP contribution in [0.15, 0.2) is 12.2 Å². The van der Waals surface area contributed by atoms with Gasteiger partial charge in [-0.2, -0.15) is 0 Å². The molecule has 2 N–H and O–H groups in total. The van der Waals surface area contributed by atoms with E-state index in [0.29, 0.717) is 6.42 Å². The number of aliphatic hydroxyl groups excluding tert-OH is 1. The Morgan fingerprint density at radius 2 is 1.73 bits per heavy atom. The molecule has 0 aromatic carbocycles. The lowest BCUT2D eigenvalue weighted by Crippen LogP contribution is -2.20. The van der Waals surface area contributed by atoms with Gasteiger partial charge in [-0.05, 0) is 38.0 Å². The van der Waals surface area contributed by atoms with Crippen LogP contribution >= 0.6 is 0 Å². The summed E-state index contributed by atoms with van der Waals surface area (Å²) in [6.07, 6.45) is 17.1. The summed E-state index contributed by atoms with van der Waals surface area (Å²) in [5, 5.41) is 18.9. The smallest absolute Gasteiger partial charge is 0.303 e. The van der Waals surface area contributed by atoms with E-state index in [-0.39, 0.29) is 30.5 Å². The molecule has 0 spiro atoms. The van der Waals surface area contributed by atoms with Gasteiger partial charge in [-0.1, -0.05) is 64.0 Å². The van der Waals surface area contributed by atoms with E-state index in [4.69, 9.17) is 5.11 Å². The average Bonchev–Trinajstić information content (AvgIpc) is 2.86. The maximum Gasteiger partial charge on any atom is 0.303 e. The molecule has 0 heterocycles. The Balaban J connectivity index is 2.23. The highest BCUT2D eigenvalue weighted by Crippen LogP contribution is 2.35. The van der Waals surface area contributed by atoms with Crippen molar-refractivity contribution >= 4 is 11.8 Å². The molecule has 0 aromatic heterocycles. The van der Waals surface area contributed by atoms with Gasteiger partial charge in [0, 0.05) is 18.8 Å². The van der Waals surface area contributed by atoms with E-state index in [9.17, 15) is 14.7 Å². The quantitative estimate of drug-likeness (QED) is 0.305. The number of ketones is 1. The summed E-state index contributed by atoms with van der Waals surface area (Å²) in [6, 6.07) is 0. The second-order valence-corrected chi connectivity index (χ2v) is 7.76. The molecular formula is C22H38O4. The molecule has 0 unspecified atom stereocenters. The van der Waals surface area contributed by atoms with Gasteiger partial charge in [0.1, 0.15) is 5.78 Å². The van der Waals surface area contributed by atoms with E-state index in [1.165, 1.54) is 38.5 Å². The van der Waals surface area contributed by atoms with Crippen molar-refractivity contribution in [2.24, 2.45) is 11.8 Å². The van der Waals surface area contributed by atoms with Crippen LogP contribution in [0.25, 0.3) is 0 Å². The van der Waals surface area contributed by atoms with Gasteiger partial charge in [-0.25, -0.2) is 0 Å². The number of Topliss-reactive ketones (excluding diaryl/α,β-unsaturated/α-hetero) is 1. The molecule has 1 aliphatic rings. The Morgan fingerprint density at radius 3 is 2.46 bits per heavy atom. The van der Waals surface area contributed by atoms with Crippen molar-refractivity contribution in [3.8, 4) is 0 Å². The van der Waals surface area contributed by atoms with Crippen LogP contribution in [-0.2, 0) is 9.59 Å². The van der Waals surface area contributed by atoms with Gasteiger partial charge in [-0.3, -0.25) is 9.59 Å². The number of unbranched alkanes of at least 4 members (excludes halogenated alkanes) is 8. The summed E-state index contributed by atoms with van der Waals surface area (Å²) < 4.78 is 0. The third-order valence-electron chi connectivity index (χ3n) is 5.54. The minimum atomic E-state index is -0.759. The van der Waals surface area contributed by atoms with Crippen LogP contribution in [0.5, 0.6) is 0 Å². The number of aliphatic hydroxyl groups is 1. The predicted molar refractivity (Wildman–Crippen MR) is 105 cm³/mol. The Bertz CT molecular complexity index is 430. The number of carboxylic acid groups (broad SMARTS) is 1. The minimum absolute atomic E-state index is 0.0442. The molecule has 0 amide bonds. The highest BCUT2D eigenvalue weighted by atomic mass is 16.4.